The van der Waals surface area contributed by atoms with Crippen LogP contribution in [0, 0.1) is 11.3 Å². The summed E-state index contributed by atoms with van der Waals surface area (Å²) in [4.78, 5) is 11.1. The number of alkyl halides is 2. The molecule has 0 saturated heterocycles. The standard InChI is InChI=1S/C7H10Cl2O2/c1-4-6(2,5(10)11-3)7(4,8)9/h4H,1-3H3/t4-,6-/m0/s1. The molecule has 0 amide bonds. The van der Waals surface area contributed by atoms with Crippen LogP contribution in [0.15, 0.2) is 0 Å². The summed E-state index contributed by atoms with van der Waals surface area (Å²) in [5, 5.41) is 0. The van der Waals surface area contributed by atoms with Crippen LogP contribution in [0.5, 0.6) is 0 Å². The van der Waals surface area contributed by atoms with Gasteiger partial charge in [0.05, 0.1) is 7.11 Å². The lowest BCUT2D eigenvalue weighted by Gasteiger charge is -2.07. The molecule has 1 rings (SSSR count). The van der Waals surface area contributed by atoms with Crippen LogP contribution < -0.4 is 0 Å². The fourth-order valence-corrected chi connectivity index (χ4v) is 2.07. The van der Waals surface area contributed by atoms with Gasteiger partial charge < -0.3 is 4.74 Å². The van der Waals surface area contributed by atoms with Gasteiger partial charge in [-0.2, -0.15) is 0 Å². The Labute approximate surface area is 75.8 Å². The summed E-state index contributed by atoms with van der Waals surface area (Å²) in [5.74, 6) is -0.374. The molecule has 0 aromatic carbocycles. The maximum absolute atomic E-state index is 11.1. The average Bonchev–Trinajstić information content (AvgIpc) is 2.34. The third kappa shape index (κ3) is 0.890. The van der Waals surface area contributed by atoms with Crippen molar-refractivity contribution in [3.8, 4) is 0 Å². The number of hydrogen-bond donors (Lipinski definition) is 0. The lowest BCUT2D eigenvalue weighted by molar-refractivity contribution is -0.146. The fraction of sp³-hybridized carbons (Fsp3) is 0.857. The molecule has 0 spiro atoms. The topological polar surface area (TPSA) is 26.3 Å². The Kier molecular flexibility index (Phi) is 1.88. The quantitative estimate of drug-likeness (QED) is 0.474. The number of hydrogen-bond acceptors (Lipinski definition) is 2. The van der Waals surface area contributed by atoms with Gasteiger partial charge in [0.1, 0.15) is 9.75 Å². The number of rotatable bonds is 1. The zero-order chi connectivity index (χ0) is 8.86. The van der Waals surface area contributed by atoms with Gasteiger partial charge in [0.2, 0.25) is 0 Å². The molecule has 2 nitrogen and oxygen atoms in total. The summed E-state index contributed by atoms with van der Waals surface area (Å²) in [6, 6.07) is 0. The fourth-order valence-electron chi connectivity index (χ4n) is 1.26. The molecular formula is C7H10Cl2O2. The zero-order valence-electron chi connectivity index (χ0n) is 6.65. The van der Waals surface area contributed by atoms with Crippen molar-refractivity contribution in [3.05, 3.63) is 0 Å². The second kappa shape index (κ2) is 2.27. The van der Waals surface area contributed by atoms with E-state index in [2.05, 4.69) is 4.74 Å². The van der Waals surface area contributed by atoms with E-state index in [4.69, 9.17) is 23.2 Å². The van der Waals surface area contributed by atoms with Crippen LogP contribution in [0.1, 0.15) is 13.8 Å². The van der Waals surface area contributed by atoms with E-state index < -0.39 is 9.75 Å². The monoisotopic (exact) mass is 196 g/mol. The highest BCUT2D eigenvalue weighted by molar-refractivity contribution is 6.53. The summed E-state index contributed by atoms with van der Waals surface area (Å²) >= 11 is 11.7. The minimum atomic E-state index is -0.944. The Hall–Kier alpha value is 0.0500. The number of carbonyl (C=O) groups is 1. The highest BCUT2D eigenvalue weighted by Crippen LogP contribution is 2.69. The number of halogens is 2. The van der Waals surface area contributed by atoms with Crippen LogP contribution in [0.25, 0.3) is 0 Å². The van der Waals surface area contributed by atoms with Crippen molar-refractivity contribution >= 4 is 29.2 Å². The third-order valence-corrected chi connectivity index (χ3v) is 4.07. The Morgan fingerprint density at radius 1 is 1.55 bits per heavy atom. The first kappa shape index (κ1) is 9.14. The molecule has 0 N–H and O–H groups in total. The smallest absolute Gasteiger partial charge is 0.314 e. The maximum Gasteiger partial charge on any atom is 0.314 e. The minimum absolute atomic E-state index is 0.0363. The van der Waals surface area contributed by atoms with Gasteiger partial charge in [-0.25, -0.2) is 0 Å². The van der Waals surface area contributed by atoms with Crippen LogP contribution in [0.4, 0.5) is 0 Å². The highest BCUT2D eigenvalue weighted by Gasteiger charge is 2.75. The minimum Gasteiger partial charge on any atom is -0.469 e. The van der Waals surface area contributed by atoms with E-state index in [0.717, 1.165) is 0 Å². The summed E-state index contributed by atoms with van der Waals surface area (Å²) in [6.07, 6.45) is 0. The second-order valence-electron chi connectivity index (χ2n) is 3.04. The molecule has 2 atom stereocenters. The van der Waals surface area contributed by atoms with Gasteiger partial charge in [-0.05, 0) is 6.92 Å². The van der Waals surface area contributed by atoms with Crippen molar-refractivity contribution in [2.75, 3.05) is 7.11 Å². The van der Waals surface area contributed by atoms with Crippen molar-refractivity contribution in [2.24, 2.45) is 11.3 Å². The Morgan fingerprint density at radius 2 is 1.91 bits per heavy atom. The number of methoxy groups -OCH3 is 1. The Bertz CT molecular complexity index is 203. The number of carbonyl (C=O) groups excluding carboxylic acids is 1. The molecule has 0 aromatic heterocycles. The first-order chi connectivity index (χ1) is 4.89. The first-order valence-corrected chi connectivity index (χ1v) is 4.11. The van der Waals surface area contributed by atoms with Gasteiger partial charge in [0.15, 0.2) is 0 Å². The van der Waals surface area contributed by atoms with Gasteiger partial charge in [-0.1, -0.05) is 6.92 Å². The molecule has 1 aliphatic rings. The van der Waals surface area contributed by atoms with Gasteiger partial charge >= 0.3 is 5.97 Å². The Balaban J connectivity index is 2.82. The molecule has 0 radical (unpaired) electrons. The molecule has 1 fully saturated rings. The van der Waals surface area contributed by atoms with Crippen LogP contribution >= 0.6 is 23.2 Å². The summed E-state index contributed by atoms with van der Waals surface area (Å²) in [6.45, 7) is 3.54. The Morgan fingerprint density at radius 3 is 2.00 bits per heavy atom. The van der Waals surface area contributed by atoms with E-state index in [0.29, 0.717) is 0 Å². The van der Waals surface area contributed by atoms with Gasteiger partial charge in [-0.15, -0.1) is 23.2 Å². The molecule has 1 aliphatic carbocycles. The van der Waals surface area contributed by atoms with Crippen LogP contribution in [-0.4, -0.2) is 17.4 Å². The van der Waals surface area contributed by atoms with Crippen LogP contribution in [-0.2, 0) is 9.53 Å². The summed E-state index contributed by atoms with van der Waals surface area (Å²) in [7, 11) is 1.34. The highest BCUT2D eigenvalue weighted by atomic mass is 35.5. The molecule has 0 aliphatic heterocycles. The zero-order valence-corrected chi connectivity index (χ0v) is 8.16. The van der Waals surface area contributed by atoms with Crippen molar-refractivity contribution in [1.82, 2.24) is 0 Å². The van der Waals surface area contributed by atoms with Crippen LogP contribution in [0.2, 0.25) is 0 Å². The second-order valence-corrected chi connectivity index (χ2v) is 4.42. The van der Waals surface area contributed by atoms with Crippen molar-refractivity contribution in [1.29, 1.82) is 0 Å². The molecule has 0 aromatic rings. The summed E-state index contributed by atoms with van der Waals surface area (Å²) in [5.41, 5.74) is -0.717. The first-order valence-electron chi connectivity index (χ1n) is 3.35. The predicted octanol–water partition coefficient (Wildman–Crippen LogP) is 1.99. The molecule has 4 heteroatoms. The third-order valence-electron chi connectivity index (χ3n) is 2.63. The van der Waals surface area contributed by atoms with E-state index in [-0.39, 0.29) is 11.9 Å². The van der Waals surface area contributed by atoms with Crippen molar-refractivity contribution in [2.45, 2.75) is 18.2 Å². The molecule has 0 bridgehead atoms. The van der Waals surface area contributed by atoms with Gasteiger partial charge in [-0.3, -0.25) is 4.79 Å². The van der Waals surface area contributed by atoms with E-state index in [1.807, 2.05) is 6.92 Å². The molecule has 1 saturated carbocycles. The molecule has 0 unspecified atom stereocenters. The average molecular weight is 197 g/mol. The van der Waals surface area contributed by atoms with E-state index in [1.54, 1.807) is 6.92 Å². The van der Waals surface area contributed by atoms with E-state index in [1.165, 1.54) is 7.11 Å². The van der Waals surface area contributed by atoms with Crippen molar-refractivity contribution < 1.29 is 9.53 Å². The number of ether oxygens (including phenoxy) is 1. The van der Waals surface area contributed by atoms with Crippen molar-refractivity contribution in [3.63, 3.8) is 0 Å². The maximum atomic E-state index is 11.1. The number of esters is 1. The molecular weight excluding hydrogens is 187 g/mol. The normalized spacial score (nSPS) is 39.9. The SMILES string of the molecule is COC(=O)[C@]1(C)[C@H](C)C1(Cl)Cl. The molecule has 11 heavy (non-hydrogen) atoms. The molecule has 0 heterocycles. The van der Waals surface area contributed by atoms with E-state index in [9.17, 15) is 4.79 Å². The largest absolute Gasteiger partial charge is 0.469 e. The van der Waals surface area contributed by atoms with E-state index >= 15 is 0 Å². The molecule has 64 valence electrons. The lowest BCUT2D eigenvalue weighted by atomic mass is 10.1. The van der Waals surface area contributed by atoms with Gasteiger partial charge in [0.25, 0.3) is 0 Å². The summed E-state index contributed by atoms with van der Waals surface area (Å²) < 4.78 is 3.63. The van der Waals surface area contributed by atoms with Crippen LogP contribution in [0.3, 0.4) is 0 Å². The predicted molar refractivity (Wildman–Crippen MR) is 43.7 cm³/mol. The van der Waals surface area contributed by atoms with Gasteiger partial charge in [0, 0.05) is 5.92 Å². The lowest BCUT2D eigenvalue weighted by Crippen LogP contribution is -2.19.